The van der Waals surface area contributed by atoms with Crippen molar-refractivity contribution in [3.05, 3.63) is 64.9 Å². The van der Waals surface area contributed by atoms with Gasteiger partial charge in [0.1, 0.15) is 11.5 Å². The van der Waals surface area contributed by atoms with Crippen molar-refractivity contribution in [1.82, 2.24) is 14.8 Å². The van der Waals surface area contributed by atoms with Crippen LogP contribution in [0, 0.1) is 6.92 Å². The molecule has 0 unspecified atom stereocenters. The van der Waals surface area contributed by atoms with Crippen molar-refractivity contribution in [3.8, 4) is 11.3 Å². The second-order valence-corrected chi connectivity index (χ2v) is 5.66. The van der Waals surface area contributed by atoms with Gasteiger partial charge in [0.2, 0.25) is 0 Å². The minimum absolute atomic E-state index is 0.260. The normalized spacial score (nSPS) is 10.6. The van der Waals surface area contributed by atoms with Crippen LogP contribution in [0.1, 0.15) is 16.1 Å². The van der Waals surface area contributed by atoms with Crippen molar-refractivity contribution in [2.45, 2.75) is 6.92 Å². The summed E-state index contributed by atoms with van der Waals surface area (Å²) < 4.78 is 1.54. The molecule has 0 atom stereocenters. The lowest BCUT2D eigenvalue weighted by molar-refractivity contribution is 0.101. The number of hydrogen-bond donors (Lipinski definition) is 1. The molecule has 0 spiro atoms. The average Bonchev–Trinajstić information content (AvgIpc) is 2.92. The van der Waals surface area contributed by atoms with Crippen LogP contribution in [0.15, 0.2) is 48.7 Å². The van der Waals surface area contributed by atoms with Crippen LogP contribution in [-0.2, 0) is 7.05 Å². The summed E-state index contributed by atoms with van der Waals surface area (Å²) >= 11 is 6.00. The highest BCUT2D eigenvalue weighted by molar-refractivity contribution is 6.30. The van der Waals surface area contributed by atoms with E-state index in [-0.39, 0.29) is 5.91 Å². The fourth-order valence-electron chi connectivity index (χ4n) is 2.19. The predicted molar refractivity (Wildman–Crippen MR) is 90.6 cm³/mol. The van der Waals surface area contributed by atoms with Crippen LogP contribution in [0.25, 0.3) is 11.3 Å². The second-order valence-electron chi connectivity index (χ2n) is 5.22. The zero-order valence-electron chi connectivity index (χ0n) is 12.7. The summed E-state index contributed by atoms with van der Waals surface area (Å²) in [5, 5.41) is 7.77. The van der Waals surface area contributed by atoms with Crippen LogP contribution in [0.5, 0.6) is 0 Å². The molecule has 0 fully saturated rings. The highest BCUT2D eigenvalue weighted by Crippen LogP contribution is 2.22. The summed E-state index contributed by atoms with van der Waals surface area (Å²) in [5.41, 5.74) is 3.03. The first kappa shape index (κ1) is 15.2. The van der Waals surface area contributed by atoms with Crippen molar-refractivity contribution < 1.29 is 4.79 Å². The monoisotopic (exact) mass is 326 g/mol. The smallest absolute Gasteiger partial charge is 0.275 e. The lowest BCUT2D eigenvalue weighted by Gasteiger charge is -2.04. The zero-order valence-corrected chi connectivity index (χ0v) is 13.5. The standard InChI is InChI=1S/C17H15ClN4O/c1-11-6-7-16(19-10-11)20-17(23)15-9-14(21-22(15)2)12-4-3-5-13(18)8-12/h3-10H,1-2H3,(H,19,20,23). The SMILES string of the molecule is Cc1ccc(NC(=O)c2cc(-c3cccc(Cl)c3)nn2C)nc1. The molecule has 0 bridgehead atoms. The summed E-state index contributed by atoms with van der Waals surface area (Å²) in [5.74, 6) is 0.246. The Labute approximate surface area is 138 Å². The van der Waals surface area contributed by atoms with E-state index in [9.17, 15) is 4.79 Å². The Bertz CT molecular complexity index is 855. The van der Waals surface area contributed by atoms with Gasteiger partial charge in [-0.05, 0) is 36.8 Å². The number of benzene rings is 1. The largest absolute Gasteiger partial charge is 0.305 e. The molecule has 3 rings (SSSR count). The van der Waals surface area contributed by atoms with Gasteiger partial charge < -0.3 is 5.32 Å². The number of halogens is 1. The first-order valence-electron chi connectivity index (χ1n) is 7.07. The van der Waals surface area contributed by atoms with E-state index in [0.717, 1.165) is 11.1 Å². The number of pyridine rings is 1. The van der Waals surface area contributed by atoms with Crippen LogP contribution in [-0.4, -0.2) is 20.7 Å². The third-order valence-electron chi connectivity index (χ3n) is 3.39. The number of nitrogens with zero attached hydrogens (tertiary/aromatic N) is 3. The molecule has 1 N–H and O–H groups in total. The van der Waals surface area contributed by atoms with E-state index in [1.165, 1.54) is 0 Å². The maximum absolute atomic E-state index is 12.4. The number of hydrogen-bond acceptors (Lipinski definition) is 3. The van der Waals surface area contributed by atoms with E-state index in [1.807, 2.05) is 31.2 Å². The molecule has 2 heterocycles. The third kappa shape index (κ3) is 3.40. The number of carbonyl (C=O) groups excluding carboxylic acids is 1. The highest BCUT2D eigenvalue weighted by Gasteiger charge is 2.15. The van der Waals surface area contributed by atoms with E-state index >= 15 is 0 Å². The Morgan fingerprint density at radius 2 is 2.04 bits per heavy atom. The summed E-state index contributed by atoms with van der Waals surface area (Å²) in [6.45, 7) is 1.94. The van der Waals surface area contributed by atoms with E-state index in [4.69, 9.17) is 11.6 Å². The topological polar surface area (TPSA) is 59.8 Å². The van der Waals surface area contributed by atoms with Gasteiger partial charge in [-0.3, -0.25) is 9.48 Å². The summed E-state index contributed by atoms with van der Waals surface area (Å²) in [7, 11) is 1.73. The molecule has 0 radical (unpaired) electrons. The van der Waals surface area contributed by atoms with Crippen molar-refractivity contribution in [2.24, 2.45) is 7.05 Å². The van der Waals surface area contributed by atoms with Crippen LogP contribution in [0.2, 0.25) is 5.02 Å². The number of carbonyl (C=O) groups is 1. The van der Waals surface area contributed by atoms with Gasteiger partial charge in [-0.1, -0.05) is 29.8 Å². The molecule has 1 aromatic carbocycles. The molecule has 6 heteroatoms. The molecule has 0 aliphatic rings. The van der Waals surface area contributed by atoms with E-state index in [2.05, 4.69) is 15.4 Å². The van der Waals surface area contributed by atoms with Gasteiger partial charge in [0.05, 0.1) is 5.69 Å². The Morgan fingerprint density at radius 1 is 1.22 bits per heavy atom. The third-order valence-corrected chi connectivity index (χ3v) is 3.62. The lowest BCUT2D eigenvalue weighted by Crippen LogP contribution is -2.16. The predicted octanol–water partition coefficient (Wildman–Crippen LogP) is 3.70. The second kappa shape index (κ2) is 6.22. The molecule has 0 saturated carbocycles. The molecule has 1 amide bonds. The first-order valence-corrected chi connectivity index (χ1v) is 7.45. The highest BCUT2D eigenvalue weighted by atomic mass is 35.5. The minimum atomic E-state index is -0.260. The van der Waals surface area contributed by atoms with Crippen LogP contribution in [0.3, 0.4) is 0 Å². The van der Waals surface area contributed by atoms with Gasteiger partial charge in [0.15, 0.2) is 0 Å². The maximum Gasteiger partial charge on any atom is 0.275 e. The molecule has 2 aromatic heterocycles. The maximum atomic E-state index is 12.4. The van der Waals surface area contributed by atoms with Crippen molar-refractivity contribution in [2.75, 3.05) is 5.32 Å². The van der Waals surface area contributed by atoms with E-state index in [1.54, 1.807) is 36.1 Å². The number of amides is 1. The molecule has 116 valence electrons. The number of aromatic nitrogens is 3. The number of anilines is 1. The van der Waals surface area contributed by atoms with Gasteiger partial charge in [0.25, 0.3) is 5.91 Å². The van der Waals surface area contributed by atoms with Gasteiger partial charge in [-0.15, -0.1) is 0 Å². The van der Waals surface area contributed by atoms with Gasteiger partial charge in [0, 0.05) is 23.8 Å². The molecule has 0 aliphatic carbocycles. The van der Waals surface area contributed by atoms with Gasteiger partial charge in [-0.2, -0.15) is 5.10 Å². The van der Waals surface area contributed by atoms with Crippen LogP contribution < -0.4 is 5.32 Å². The van der Waals surface area contributed by atoms with Gasteiger partial charge in [-0.25, -0.2) is 4.98 Å². The summed E-state index contributed by atoms with van der Waals surface area (Å²) in [4.78, 5) is 16.6. The Morgan fingerprint density at radius 3 is 2.74 bits per heavy atom. The van der Waals surface area contributed by atoms with Crippen LogP contribution >= 0.6 is 11.6 Å². The zero-order chi connectivity index (χ0) is 16.4. The number of aryl methyl sites for hydroxylation is 2. The molecular formula is C17H15ClN4O. The molecule has 0 saturated heterocycles. The fourth-order valence-corrected chi connectivity index (χ4v) is 2.38. The Kier molecular flexibility index (Phi) is 4.12. The van der Waals surface area contributed by atoms with Crippen molar-refractivity contribution >= 4 is 23.3 Å². The fraction of sp³-hybridized carbons (Fsp3) is 0.118. The number of nitrogens with one attached hydrogen (secondary N) is 1. The quantitative estimate of drug-likeness (QED) is 0.798. The average molecular weight is 327 g/mol. The Hall–Kier alpha value is -2.66. The molecule has 23 heavy (non-hydrogen) atoms. The van der Waals surface area contributed by atoms with Crippen molar-refractivity contribution in [1.29, 1.82) is 0 Å². The molecule has 0 aliphatic heterocycles. The Balaban J connectivity index is 1.85. The lowest BCUT2D eigenvalue weighted by atomic mass is 10.1. The summed E-state index contributed by atoms with van der Waals surface area (Å²) in [6, 6.07) is 12.7. The number of rotatable bonds is 3. The molecular weight excluding hydrogens is 312 g/mol. The molecule has 5 nitrogen and oxygen atoms in total. The van der Waals surface area contributed by atoms with E-state index < -0.39 is 0 Å². The first-order chi connectivity index (χ1) is 11.0. The minimum Gasteiger partial charge on any atom is -0.305 e. The summed E-state index contributed by atoms with van der Waals surface area (Å²) in [6.07, 6.45) is 1.70. The van der Waals surface area contributed by atoms with Crippen LogP contribution in [0.4, 0.5) is 5.82 Å². The molecule has 3 aromatic rings. The van der Waals surface area contributed by atoms with Crippen molar-refractivity contribution in [3.63, 3.8) is 0 Å². The van der Waals surface area contributed by atoms with Gasteiger partial charge >= 0.3 is 0 Å². The van der Waals surface area contributed by atoms with E-state index in [0.29, 0.717) is 22.2 Å².